The molecule has 150 valence electrons. The number of imidazole rings is 1. The fourth-order valence-electron chi connectivity index (χ4n) is 3.41. The minimum absolute atomic E-state index is 0.104. The van der Waals surface area contributed by atoms with Crippen LogP contribution in [0.4, 0.5) is 0 Å². The topological polar surface area (TPSA) is 100 Å². The monoisotopic (exact) mass is 393 g/mol. The number of aryl methyl sites for hydroxylation is 1. The number of carbonyl (C=O) groups excluding carboxylic acids is 2. The fourth-order valence-corrected chi connectivity index (χ4v) is 3.41. The maximum Gasteiger partial charge on any atom is 0.289 e. The summed E-state index contributed by atoms with van der Waals surface area (Å²) in [6, 6.07) is 5.88. The molecule has 0 aliphatic carbocycles. The Kier molecular flexibility index (Phi) is 5.11. The standard InChI is InChI=1S/C20H23N7O2/c1-25(2)20(29)19-22-16-6-5-14(12-17(16)23-19)15-4-3-9-26(13-15)18(28)7-10-27-11-8-21-24-27/h4-6,8,11-12H,3,7,9-10,13H2,1-2H3,(H,22,23). The number of hydrogen-bond donors (Lipinski definition) is 1. The van der Waals surface area contributed by atoms with Gasteiger partial charge in [0.25, 0.3) is 5.91 Å². The normalized spacial score (nSPS) is 14.1. The number of nitrogens with zero attached hydrogens (tertiary/aromatic N) is 6. The van der Waals surface area contributed by atoms with E-state index in [2.05, 4.69) is 26.4 Å². The van der Waals surface area contributed by atoms with Crippen molar-refractivity contribution in [3.8, 4) is 0 Å². The number of aromatic nitrogens is 5. The number of amides is 2. The molecule has 0 radical (unpaired) electrons. The molecule has 0 atom stereocenters. The lowest BCUT2D eigenvalue weighted by Crippen LogP contribution is -2.35. The molecule has 1 aliphatic heterocycles. The van der Waals surface area contributed by atoms with Gasteiger partial charge in [0.1, 0.15) is 0 Å². The molecule has 3 aromatic rings. The molecule has 9 nitrogen and oxygen atoms in total. The summed E-state index contributed by atoms with van der Waals surface area (Å²) in [6.07, 6.45) is 6.74. The average molecular weight is 393 g/mol. The van der Waals surface area contributed by atoms with Gasteiger partial charge in [0.05, 0.1) is 23.8 Å². The van der Waals surface area contributed by atoms with E-state index in [0.29, 0.717) is 31.9 Å². The molecule has 1 N–H and O–H groups in total. The van der Waals surface area contributed by atoms with Crippen LogP contribution in [-0.4, -0.2) is 73.8 Å². The van der Waals surface area contributed by atoms with Gasteiger partial charge in [-0.3, -0.25) is 14.3 Å². The largest absolute Gasteiger partial charge is 0.342 e. The van der Waals surface area contributed by atoms with Crippen LogP contribution in [0.5, 0.6) is 0 Å². The number of carbonyl (C=O) groups is 2. The smallest absolute Gasteiger partial charge is 0.289 e. The van der Waals surface area contributed by atoms with Crippen molar-refractivity contribution in [2.24, 2.45) is 0 Å². The molecule has 0 spiro atoms. The molecule has 0 unspecified atom stereocenters. The van der Waals surface area contributed by atoms with Crippen molar-refractivity contribution in [1.29, 1.82) is 0 Å². The zero-order valence-electron chi connectivity index (χ0n) is 16.5. The van der Waals surface area contributed by atoms with Crippen LogP contribution < -0.4 is 0 Å². The molecule has 2 amide bonds. The third-order valence-electron chi connectivity index (χ3n) is 4.99. The molecule has 0 fully saturated rings. The van der Waals surface area contributed by atoms with Crippen LogP contribution >= 0.6 is 0 Å². The van der Waals surface area contributed by atoms with Crippen LogP contribution in [0, 0.1) is 0 Å². The molecule has 0 bridgehead atoms. The van der Waals surface area contributed by atoms with E-state index in [4.69, 9.17) is 0 Å². The Morgan fingerprint density at radius 3 is 2.90 bits per heavy atom. The highest BCUT2D eigenvalue weighted by Crippen LogP contribution is 2.24. The first-order valence-corrected chi connectivity index (χ1v) is 9.54. The lowest BCUT2D eigenvalue weighted by molar-refractivity contribution is -0.131. The summed E-state index contributed by atoms with van der Waals surface area (Å²) >= 11 is 0. The van der Waals surface area contributed by atoms with Crippen LogP contribution in [0.1, 0.15) is 29.0 Å². The molecule has 29 heavy (non-hydrogen) atoms. The summed E-state index contributed by atoms with van der Waals surface area (Å²) in [6.45, 7) is 1.81. The van der Waals surface area contributed by atoms with Crippen molar-refractivity contribution in [2.75, 3.05) is 27.2 Å². The minimum atomic E-state index is -0.163. The molecule has 9 heteroatoms. The van der Waals surface area contributed by atoms with Crippen molar-refractivity contribution in [2.45, 2.75) is 19.4 Å². The molecule has 0 saturated heterocycles. The second-order valence-electron chi connectivity index (χ2n) is 7.27. The Hall–Kier alpha value is -3.49. The quantitative estimate of drug-likeness (QED) is 0.709. The summed E-state index contributed by atoms with van der Waals surface area (Å²) in [5.74, 6) is 0.265. The number of H-pyrrole nitrogens is 1. The average Bonchev–Trinajstić information content (AvgIpc) is 3.40. The number of nitrogens with one attached hydrogen (secondary N) is 1. The van der Waals surface area contributed by atoms with E-state index in [1.165, 1.54) is 4.90 Å². The van der Waals surface area contributed by atoms with Gasteiger partial charge in [-0.15, -0.1) is 5.10 Å². The Bertz CT molecular complexity index is 1070. The predicted molar refractivity (Wildman–Crippen MR) is 108 cm³/mol. The zero-order valence-corrected chi connectivity index (χ0v) is 16.5. The summed E-state index contributed by atoms with van der Waals surface area (Å²) in [7, 11) is 3.39. The van der Waals surface area contributed by atoms with Gasteiger partial charge in [0, 0.05) is 39.8 Å². The molecule has 4 rings (SSSR count). The lowest BCUT2D eigenvalue weighted by Gasteiger charge is -2.27. The van der Waals surface area contributed by atoms with Gasteiger partial charge in [0.15, 0.2) is 5.82 Å². The van der Waals surface area contributed by atoms with E-state index in [1.807, 2.05) is 23.1 Å². The van der Waals surface area contributed by atoms with Crippen LogP contribution in [0.3, 0.4) is 0 Å². The van der Waals surface area contributed by atoms with E-state index in [-0.39, 0.29) is 11.8 Å². The number of benzene rings is 1. The van der Waals surface area contributed by atoms with Crippen molar-refractivity contribution < 1.29 is 9.59 Å². The van der Waals surface area contributed by atoms with E-state index in [0.717, 1.165) is 28.6 Å². The fraction of sp³-hybridized carbons (Fsp3) is 0.350. The van der Waals surface area contributed by atoms with E-state index in [9.17, 15) is 9.59 Å². The molecular weight excluding hydrogens is 370 g/mol. The number of aromatic amines is 1. The summed E-state index contributed by atoms with van der Waals surface area (Å²) in [5, 5.41) is 7.66. The van der Waals surface area contributed by atoms with Crippen molar-refractivity contribution in [1.82, 2.24) is 34.8 Å². The molecule has 2 aromatic heterocycles. The Morgan fingerprint density at radius 2 is 2.14 bits per heavy atom. The Balaban J connectivity index is 1.47. The number of rotatable bonds is 5. The van der Waals surface area contributed by atoms with Crippen LogP contribution in [-0.2, 0) is 11.3 Å². The van der Waals surface area contributed by atoms with Crippen molar-refractivity contribution in [3.63, 3.8) is 0 Å². The molecule has 3 heterocycles. The van der Waals surface area contributed by atoms with Gasteiger partial charge >= 0.3 is 0 Å². The third-order valence-corrected chi connectivity index (χ3v) is 4.99. The van der Waals surface area contributed by atoms with E-state index >= 15 is 0 Å². The van der Waals surface area contributed by atoms with Gasteiger partial charge in [0.2, 0.25) is 5.91 Å². The Morgan fingerprint density at radius 1 is 1.28 bits per heavy atom. The molecule has 0 saturated carbocycles. The summed E-state index contributed by atoms with van der Waals surface area (Å²) in [5.41, 5.74) is 3.68. The highest BCUT2D eigenvalue weighted by Gasteiger charge is 2.20. The first-order valence-electron chi connectivity index (χ1n) is 9.54. The maximum atomic E-state index is 12.6. The van der Waals surface area contributed by atoms with Crippen LogP contribution in [0.2, 0.25) is 0 Å². The van der Waals surface area contributed by atoms with Gasteiger partial charge in [-0.25, -0.2) is 4.98 Å². The predicted octanol–water partition coefficient (Wildman–Crippen LogP) is 1.56. The SMILES string of the molecule is CN(C)C(=O)c1nc2ccc(C3=CCCN(C(=O)CCn4ccnn4)C3)cc2[nH]1. The maximum absolute atomic E-state index is 12.6. The van der Waals surface area contributed by atoms with Crippen molar-refractivity contribution in [3.05, 3.63) is 48.1 Å². The lowest BCUT2D eigenvalue weighted by atomic mass is 10.0. The van der Waals surface area contributed by atoms with Gasteiger partial charge in [-0.2, -0.15) is 0 Å². The van der Waals surface area contributed by atoms with Gasteiger partial charge in [-0.05, 0) is 29.7 Å². The van der Waals surface area contributed by atoms with Gasteiger partial charge in [-0.1, -0.05) is 17.4 Å². The second kappa shape index (κ2) is 7.86. The summed E-state index contributed by atoms with van der Waals surface area (Å²) < 4.78 is 1.66. The Labute approximate surface area is 168 Å². The number of fused-ring (bicyclic) bond motifs is 1. The second-order valence-corrected chi connectivity index (χ2v) is 7.27. The summed E-state index contributed by atoms with van der Waals surface area (Å²) in [4.78, 5) is 35.6. The van der Waals surface area contributed by atoms with Crippen LogP contribution in [0.25, 0.3) is 16.6 Å². The van der Waals surface area contributed by atoms with E-state index < -0.39 is 0 Å². The van der Waals surface area contributed by atoms with E-state index in [1.54, 1.807) is 31.2 Å². The first-order chi connectivity index (χ1) is 14.0. The number of hydrogen-bond acceptors (Lipinski definition) is 5. The van der Waals surface area contributed by atoms with Crippen molar-refractivity contribution >= 4 is 28.4 Å². The molecule has 1 aliphatic rings. The highest BCUT2D eigenvalue weighted by molar-refractivity contribution is 5.94. The van der Waals surface area contributed by atoms with Crippen LogP contribution in [0.15, 0.2) is 36.7 Å². The molecular formula is C20H23N7O2. The molecule has 1 aromatic carbocycles. The highest BCUT2D eigenvalue weighted by atomic mass is 16.2. The minimum Gasteiger partial charge on any atom is -0.342 e. The zero-order chi connectivity index (χ0) is 20.4. The first kappa shape index (κ1) is 18.9. The van der Waals surface area contributed by atoms with Gasteiger partial charge < -0.3 is 14.8 Å². The third kappa shape index (κ3) is 4.03.